The third-order valence-electron chi connectivity index (χ3n) is 8.89. The van der Waals surface area contributed by atoms with Gasteiger partial charge in [-0.2, -0.15) is 9.97 Å². The zero-order chi connectivity index (χ0) is 28.2. The van der Waals surface area contributed by atoms with E-state index in [1.54, 1.807) is 5.06 Å². The number of aromatic nitrogens is 4. The number of nitrogens with zero attached hydrogens (tertiary/aromatic N) is 5. The van der Waals surface area contributed by atoms with E-state index in [0.29, 0.717) is 37.2 Å². The highest BCUT2D eigenvalue weighted by Gasteiger charge is 2.27. The minimum absolute atomic E-state index is 0. The molecule has 3 fully saturated rings. The number of carbonyl (C=O) groups is 1. The van der Waals surface area contributed by atoms with Gasteiger partial charge in [0.2, 0.25) is 5.95 Å². The minimum Gasteiger partial charge on any atom is -0.365 e. The van der Waals surface area contributed by atoms with Gasteiger partial charge in [-0.1, -0.05) is 43.2 Å². The van der Waals surface area contributed by atoms with Crippen molar-refractivity contribution in [2.75, 3.05) is 23.7 Å². The Morgan fingerprint density at radius 3 is 2.30 bits per heavy atom. The second-order valence-corrected chi connectivity index (χ2v) is 11.9. The van der Waals surface area contributed by atoms with E-state index in [4.69, 9.17) is 25.5 Å². The fourth-order valence-electron chi connectivity index (χ4n) is 6.41. The van der Waals surface area contributed by atoms with Crippen molar-refractivity contribution < 1.29 is 9.63 Å². The first-order chi connectivity index (χ1) is 20.0. The van der Waals surface area contributed by atoms with E-state index in [9.17, 15) is 4.79 Å². The Morgan fingerprint density at radius 2 is 1.60 bits per heavy atom. The maximum absolute atomic E-state index is 12.5. The Kier molecular flexibility index (Phi) is 11.7. The molecule has 3 aromatic rings. The third-order valence-corrected chi connectivity index (χ3v) is 8.89. The minimum atomic E-state index is -0.429. The van der Waals surface area contributed by atoms with Crippen molar-refractivity contribution in [3.8, 4) is 0 Å². The Bertz CT molecular complexity index is 1310. The molecule has 0 spiro atoms. The maximum atomic E-state index is 12.5. The van der Waals surface area contributed by atoms with Gasteiger partial charge in [0.15, 0.2) is 17.0 Å². The molecule has 236 valence electrons. The van der Waals surface area contributed by atoms with Crippen LogP contribution < -0.4 is 21.7 Å². The lowest BCUT2D eigenvalue weighted by molar-refractivity contribution is -0.113. The number of hydroxylamine groups is 2. The molecule has 5 N–H and O–H groups in total. The number of hydrogen-bond acceptors (Lipinski definition) is 9. The summed E-state index contributed by atoms with van der Waals surface area (Å²) in [7, 11) is 0. The standard InChI is InChI=1S/C30H43N9O2.2ClH/c1-20(21-7-3-2-4-8-21)33-30(40)41-38-17-15-24(16-18-38)34-27-26-28(39(19-32-26)25-9-5-6-10-25)37-29(36-27)35-23-13-11-22(31)12-14-23;;/h2-4,7-8,19-20,22-25H,5-6,9-18,31H2,1H3,(H,33,40)(H2,34,35,36,37);2*1H/t20-,22-,23-;;/m1../s1. The van der Waals surface area contributed by atoms with Gasteiger partial charge in [0.05, 0.1) is 12.4 Å². The molecule has 0 bridgehead atoms. The van der Waals surface area contributed by atoms with E-state index in [0.717, 1.165) is 73.9 Å². The van der Waals surface area contributed by atoms with Crippen LogP contribution in [0.25, 0.3) is 11.2 Å². The molecule has 1 amide bonds. The topological polar surface area (TPSA) is 135 Å². The van der Waals surface area contributed by atoms with E-state index < -0.39 is 6.09 Å². The average molecular weight is 635 g/mol. The number of carbonyl (C=O) groups excluding carboxylic acids is 1. The zero-order valence-electron chi connectivity index (χ0n) is 24.8. The molecule has 0 radical (unpaired) electrons. The third kappa shape index (κ3) is 8.20. The number of amides is 1. The van der Waals surface area contributed by atoms with Crippen LogP contribution in [0.5, 0.6) is 0 Å². The summed E-state index contributed by atoms with van der Waals surface area (Å²) in [5.41, 5.74) is 8.89. The molecular weight excluding hydrogens is 589 g/mol. The number of imidazole rings is 1. The van der Waals surface area contributed by atoms with Gasteiger partial charge < -0.3 is 31.1 Å². The van der Waals surface area contributed by atoms with Crippen LogP contribution in [0.2, 0.25) is 0 Å². The normalized spacial score (nSPS) is 22.3. The van der Waals surface area contributed by atoms with Crippen molar-refractivity contribution in [3.05, 3.63) is 42.2 Å². The van der Waals surface area contributed by atoms with Crippen LogP contribution >= 0.6 is 24.8 Å². The van der Waals surface area contributed by atoms with Crippen LogP contribution in [0.3, 0.4) is 0 Å². The molecule has 6 rings (SSSR count). The maximum Gasteiger partial charge on any atom is 0.426 e. The molecule has 2 saturated carbocycles. The summed E-state index contributed by atoms with van der Waals surface area (Å²) in [6, 6.07) is 11.0. The van der Waals surface area contributed by atoms with E-state index in [-0.39, 0.29) is 36.9 Å². The Balaban J connectivity index is 0.00000212. The molecule has 3 aliphatic rings. The van der Waals surface area contributed by atoms with E-state index in [1.807, 2.05) is 43.6 Å². The first-order valence-corrected chi connectivity index (χ1v) is 15.3. The highest BCUT2D eigenvalue weighted by molar-refractivity contribution is 5.86. The number of rotatable bonds is 8. The number of nitrogens with two attached hydrogens (primary N) is 1. The van der Waals surface area contributed by atoms with Crippen LogP contribution in [0.4, 0.5) is 16.6 Å². The quantitative estimate of drug-likeness (QED) is 0.245. The molecule has 2 aliphatic carbocycles. The molecule has 1 saturated heterocycles. The van der Waals surface area contributed by atoms with Crippen molar-refractivity contribution in [3.63, 3.8) is 0 Å². The van der Waals surface area contributed by atoms with Crippen LogP contribution in [0, 0.1) is 0 Å². The van der Waals surface area contributed by atoms with Gasteiger partial charge >= 0.3 is 6.09 Å². The number of fused-ring (bicyclic) bond motifs is 1. The molecule has 0 unspecified atom stereocenters. The fourth-order valence-corrected chi connectivity index (χ4v) is 6.41. The van der Waals surface area contributed by atoms with Crippen molar-refractivity contribution in [2.45, 2.75) is 101 Å². The zero-order valence-corrected chi connectivity index (χ0v) is 26.4. The summed E-state index contributed by atoms with van der Waals surface area (Å²) in [4.78, 5) is 32.8. The summed E-state index contributed by atoms with van der Waals surface area (Å²) >= 11 is 0. The number of anilines is 2. The second kappa shape index (κ2) is 15.2. The van der Waals surface area contributed by atoms with Gasteiger partial charge in [-0.25, -0.2) is 9.78 Å². The van der Waals surface area contributed by atoms with E-state index in [1.165, 1.54) is 12.8 Å². The lowest BCUT2D eigenvalue weighted by Gasteiger charge is -2.31. The number of piperidine rings is 1. The molecule has 1 atom stereocenters. The van der Waals surface area contributed by atoms with Crippen LogP contribution in [-0.2, 0) is 4.84 Å². The first-order valence-electron chi connectivity index (χ1n) is 15.3. The SMILES string of the molecule is C[C@@H](NC(=O)ON1CCC(Nc2nc(N[C@H]3CC[C@H](N)CC3)nc3c2ncn3C2CCCC2)CC1)c1ccccc1.Cl.Cl. The predicted molar refractivity (Wildman–Crippen MR) is 174 cm³/mol. The van der Waals surface area contributed by atoms with Gasteiger partial charge in [-0.3, -0.25) is 0 Å². The first kappa shape index (κ1) is 33.0. The second-order valence-electron chi connectivity index (χ2n) is 11.9. The van der Waals surface area contributed by atoms with Crippen LogP contribution in [0.1, 0.15) is 88.8 Å². The van der Waals surface area contributed by atoms with Crippen LogP contribution in [0.15, 0.2) is 36.7 Å². The summed E-state index contributed by atoms with van der Waals surface area (Å²) in [5, 5.41) is 11.9. The number of halogens is 2. The molecule has 43 heavy (non-hydrogen) atoms. The molecule has 3 heterocycles. The van der Waals surface area contributed by atoms with E-state index >= 15 is 0 Å². The van der Waals surface area contributed by atoms with Crippen molar-refractivity contribution in [2.24, 2.45) is 5.73 Å². The summed E-state index contributed by atoms with van der Waals surface area (Å²) in [5.74, 6) is 1.43. The average Bonchev–Trinajstić information content (AvgIpc) is 3.66. The monoisotopic (exact) mass is 633 g/mol. The van der Waals surface area contributed by atoms with Gasteiger partial charge in [-0.05, 0) is 63.9 Å². The summed E-state index contributed by atoms with van der Waals surface area (Å²) in [6.45, 7) is 3.24. The van der Waals surface area contributed by atoms with Crippen molar-refractivity contribution in [1.82, 2.24) is 29.9 Å². The summed E-state index contributed by atoms with van der Waals surface area (Å²) < 4.78 is 2.25. The van der Waals surface area contributed by atoms with Crippen LogP contribution in [-0.4, -0.2) is 61.9 Å². The van der Waals surface area contributed by atoms with Gasteiger partial charge in [-0.15, -0.1) is 29.9 Å². The molecule has 1 aliphatic heterocycles. The Morgan fingerprint density at radius 1 is 0.930 bits per heavy atom. The Hall–Kier alpha value is -2.86. The summed E-state index contributed by atoms with van der Waals surface area (Å²) in [6.07, 6.45) is 12.1. The largest absolute Gasteiger partial charge is 0.426 e. The van der Waals surface area contributed by atoms with E-state index in [2.05, 4.69) is 20.5 Å². The van der Waals surface area contributed by atoms with Crippen molar-refractivity contribution >= 4 is 53.8 Å². The molecular formula is C30H45Cl2N9O2. The lowest BCUT2D eigenvalue weighted by atomic mass is 9.92. The molecule has 2 aromatic heterocycles. The van der Waals surface area contributed by atoms with Gasteiger partial charge in [0.25, 0.3) is 0 Å². The fraction of sp³-hybridized carbons (Fsp3) is 0.600. The highest BCUT2D eigenvalue weighted by atomic mass is 35.5. The molecule has 11 nitrogen and oxygen atoms in total. The number of nitrogens with one attached hydrogen (secondary N) is 3. The number of benzene rings is 1. The number of hydrogen-bond donors (Lipinski definition) is 4. The Labute approximate surface area is 265 Å². The molecule has 13 heteroatoms. The van der Waals surface area contributed by atoms with Gasteiger partial charge in [0.1, 0.15) is 0 Å². The smallest absolute Gasteiger partial charge is 0.365 e. The molecule has 1 aromatic carbocycles. The lowest BCUT2D eigenvalue weighted by Crippen LogP contribution is -2.42. The van der Waals surface area contributed by atoms with Crippen molar-refractivity contribution in [1.29, 1.82) is 0 Å². The predicted octanol–water partition coefficient (Wildman–Crippen LogP) is 5.75. The van der Waals surface area contributed by atoms with Gasteiger partial charge in [0, 0.05) is 37.3 Å². The highest BCUT2D eigenvalue weighted by Crippen LogP contribution is 2.34.